The van der Waals surface area contributed by atoms with E-state index in [1.54, 1.807) is 0 Å². The molecule has 0 aliphatic rings. The van der Waals surface area contributed by atoms with Gasteiger partial charge in [0.15, 0.2) is 5.82 Å². The number of aromatic nitrogens is 2. The molecule has 0 saturated heterocycles. The minimum Gasteiger partial charge on any atom is -0.228 e. The van der Waals surface area contributed by atoms with Crippen molar-refractivity contribution in [1.29, 1.82) is 0 Å². The van der Waals surface area contributed by atoms with Crippen molar-refractivity contribution in [2.24, 2.45) is 0 Å². The van der Waals surface area contributed by atoms with E-state index in [9.17, 15) is 0 Å². The third-order valence-electron chi connectivity index (χ3n) is 3.73. The van der Waals surface area contributed by atoms with Crippen LogP contribution in [-0.4, -0.2) is 9.97 Å². The van der Waals surface area contributed by atoms with Crippen molar-refractivity contribution in [1.82, 2.24) is 9.97 Å². The standard InChI is InChI=1S/C18H17ClN2/c1-10-5-6-12(3)14(8-10)18-20-15-9-11(2)7-13(4)16(15)17(19)21-18/h5-9H,1-4H3. The Bertz CT molecular complexity index is 853. The van der Waals surface area contributed by atoms with Gasteiger partial charge in [-0.3, -0.25) is 0 Å². The van der Waals surface area contributed by atoms with Gasteiger partial charge in [-0.05, 0) is 56.5 Å². The molecule has 21 heavy (non-hydrogen) atoms. The van der Waals surface area contributed by atoms with E-state index in [1.165, 1.54) is 11.1 Å². The van der Waals surface area contributed by atoms with Crippen molar-refractivity contribution >= 4 is 22.5 Å². The van der Waals surface area contributed by atoms with Crippen LogP contribution in [0.2, 0.25) is 5.15 Å². The fourth-order valence-corrected chi connectivity index (χ4v) is 3.01. The zero-order valence-corrected chi connectivity index (χ0v) is 13.4. The monoisotopic (exact) mass is 296 g/mol. The Balaban J connectivity index is 2.32. The summed E-state index contributed by atoms with van der Waals surface area (Å²) in [5.74, 6) is 0.693. The second-order valence-electron chi connectivity index (χ2n) is 5.63. The van der Waals surface area contributed by atoms with E-state index in [-0.39, 0.29) is 0 Å². The van der Waals surface area contributed by atoms with E-state index in [4.69, 9.17) is 16.6 Å². The summed E-state index contributed by atoms with van der Waals surface area (Å²) in [5, 5.41) is 1.46. The minimum absolute atomic E-state index is 0.522. The van der Waals surface area contributed by atoms with Gasteiger partial charge in [0.2, 0.25) is 0 Å². The predicted octanol–water partition coefficient (Wildman–Crippen LogP) is 5.18. The summed E-state index contributed by atoms with van der Waals surface area (Å²) in [7, 11) is 0. The van der Waals surface area contributed by atoms with Crippen LogP contribution < -0.4 is 0 Å². The zero-order valence-electron chi connectivity index (χ0n) is 12.7. The molecule has 1 heterocycles. The zero-order chi connectivity index (χ0) is 15.1. The summed E-state index contributed by atoms with van der Waals surface area (Å²) in [6.07, 6.45) is 0. The minimum atomic E-state index is 0.522. The first-order valence-electron chi connectivity index (χ1n) is 6.98. The molecule has 0 fully saturated rings. The summed E-state index contributed by atoms with van der Waals surface area (Å²) in [6.45, 7) is 8.25. The Kier molecular flexibility index (Phi) is 3.42. The number of nitrogens with zero attached hydrogens (tertiary/aromatic N) is 2. The number of benzene rings is 2. The Morgan fingerprint density at radius 1 is 0.810 bits per heavy atom. The van der Waals surface area contributed by atoms with Gasteiger partial charge in [-0.1, -0.05) is 35.4 Å². The highest BCUT2D eigenvalue weighted by Gasteiger charge is 2.12. The molecule has 0 radical (unpaired) electrons. The highest BCUT2D eigenvalue weighted by molar-refractivity contribution is 6.34. The number of rotatable bonds is 1. The molecule has 1 aromatic heterocycles. The van der Waals surface area contributed by atoms with E-state index in [2.05, 4.69) is 56.1 Å². The molecule has 0 aliphatic carbocycles. The second-order valence-corrected chi connectivity index (χ2v) is 5.99. The molecule has 0 aliphatic heterocycles. The number of hydrogen-bond acceptors (Lipinski definition) is 2. The molecular weight excluding hydrogens is 280 g/mol. The van der Waals surface area contributed by atoms with Crippen molar-refractivity contribution in [3.8, 4) is 11.4 Å². The van der Waals surface area contributed by atoms with Gasteiger partial charge in [0.05, 0.1) is 5.52 Å². The Hall–Kier alpha value is -1.93. The van der Waals surface area contributed by atoms with Crippen molar-refractivity contribution in [2.45, 2.75) is 27.7 Å². The van der Waals surface area contributed by atoms with Crippen LogP contribution in [0, 0.1) is 27.7 Å². The highest BCUT2D eigenvalue weighted by atomic mass is 35.5. The maximum Gasteiger partial charge on any atom is 0.161 e. The SMILES string of the molecule is Cc1ccc(C)c(-c2nc(Cl)c3c(C)cc(C)cc3n2)c1. The summed E-state index contributed by atoms with van der Waals surface area (Å²) < 4.78 is 0. The van der Waals surface area contributed by atoms with Crippen LogP contribution >= 0.6 is 11.6 Å². The highest BCUT2D eigenvalue weighted by Crippen LogP contribution is 2.29. The molecule has 2 aromatic carbocycles. The van der Waals surface area contributed by atoms with Gasteiger partial charge < -0.3 is 0 Å². The first kappa shape index (κ1) is 14.0. The predicted molar refractivity (Wildman–Crippen MR) is 88.9 cm³/mol. The Morgan fingerprint density at radius 3 is 2.33 bits per heavy atom. The molecule has 0 unspecified atom stereocenters. The molecule has 0 N–H and O–H groups in total. The molecule has 0 bridgehead atoms. The molecular formula is C18H17ClN2. The fraction of sp³-hybridized carbons (Fsp3) is 0.222. The second kappa shape index (κ2) is 5.12. The van der Waals surface area contributed by atoms with Crippen LogP contribution in [-0.2, 0) is 0 Å². The van der Waals surface area contributed by atoms with E-state index in [0.717, 1.165) is 27.6 Å². The molecule has 3 rings (SSSR count). The first-order valence-corrected chi connectivity index (χ1v) is 7.35. The van der Waals surface area contributed by atoms with Gasteiger partial charge >= 0.3 is 0 Å². The lowest BCUT2D eigenvalue weighted by atomic mass is 10.0. The van der Waals surface area contributed by atoms with Crippen LogP contribution in [0.25, 0.3) is 22.3 Å². The van der Waals surface area contributed by atoms with Crippen LogP contribution in [0.1, 0.15) is 22.3 Å². The molecule has 0 atom stereocenters. The van der Waals surface area contributed by atoms with Gasteiger partial charge in [-0.15, -0.1) is 0 Å². The third-order valence-corrected chi connectivity index (χ3v) is 4.00. The average molecular weight is 297 g/mol. The fourth-order valence-electron chi connectivity index (χ4n) is 2.69. The average Bonchev–Trinajstić information content (AvgIpc) is 2.40. The van der Waals surface area contributed by atoms with Crippen molar-refractivity contribution in [2.75, 3.05) is 0 Å². The lowest BCUT2D eigenvalue weighted by molar-refractivity contribution is 1.20. The molecule has 0 saturated carbocycles. The van der Waals surface area contributed by atoms with Crippen LogP contribution in [0.15, 0.2) is 30.3 Å². The topological polar surface area (TPSA) is 25.8 Å². The summed E-state index contributed by atoms with van der Waals surface area (Å²) >= 11 is 6.41. The van der Waals surface area contributed by atoms with Gasteiger partial charge in [0, 0.05) is 10.9 Å². The summed E-state index contributed by atoms with van der Waals surface area (Å²) in [5.41, 5.74) is 6.58. The van der Waals surface area contributed by atoms with Crippen LogP contribution in [0.5, 0.6) is 0 Å². The molecule has 2 nitrogen and oxygen atoms in total. The van der Waals surface area contributed by atoms with Gasteiger partial charge in [0.25, 0.3) is 0 Å². The molecule has 3 heteroatoms. The smallest absolute Gasteiger partial charge is 0.161 e. The van der Waals surface area contributed by atoms with Crippen molar-refractivity contribution in [3.63, 3.8) is 0 Å². The normalized spacial score (nSPS) is 11.1. The Labute approximate surface area is 129 Å². The van der Waals surface area contributed by atoms with Gasteiger partial charge in [-0.25, -0.2) is 9.97 Å². The van der Waals surface area contributed by atoms with Crippen LogP contribution in [0.3, 0.4) is 0 Å². The van der Waals surface area contributed by atoms with Gasteiger partial charge in [-0.2, -0.15) is 0 Å². The Morgan fingerprint density at radius 2 is 1.57 bits per heavy atom. The number of fused-ring (bicyclic) bond motifs is 1. The largest absolute Gasteiger partial charge is 0.228 e. The van der Waals surface area contributed by atoms with E-state index in [0.29, 0.717) is 11.0 Å². The van der Waals surface area contributed by atoms with Gasteiger partial charge in [0.1, 0.15) is 5.15 Å². The molecule has 0 spiro atoms. The number of halogens is 1. The maximum absolute atomic E-state index is 6.41. The summed E-state index contributed by atoms with van der Waals surface area (Å²) in [4.78, 5) is 9.25. The summed E-state index contributed by atoms with van der Waals surface area (Å²) in [6, 6.07) is 10.5. The number of hydrogen-bond donors (Lipinski definition) is 0. The van der Waals surface area contributed by atoms with E-state index < -0.39 is 0 Å². The van der Waals surface area contributed by atoms with E-state index in [1.807, 2.05) is 6.92 Å². The van der Waals surface area contributed by atoms with Crippen molar-refractivity contribution in [3.05, 3.63) is 57.7 Å². The lowest BCUT2D eigenvalue weighted by Gasteiger charge is -2.10. The maximum atomic E-state index is 6.41. The molecule has 0 amide bonds. The number of aryl methyl sites for hydroxylation is 4. The van der Waals surface area contributed by atoms with Crippen LogP contribution in [0.4, 0.5) is 0 Å². The molecule has 3 aromatic rings. The first-order chi connectivity index (χ1) is 9.95. The quantitative estimate of drug-likeness (QED) is 0.578. The van der Waals surface area contributed by atoms with E-state index >= 15 is 0 Å². The van der Waals surface area contributed by atoms with Crippen molar-refractivity contribution < 1.29 is 0 Å². The molecule has 106 valence electrons. The lowest BCUT2D eigenvalue weighted by Crippen LogP contribution is -1.96. The third kappa shape index (κ3) is 2.52.